The molecule has 0 aliphatic heterocycles. The van der Waals surface area contributed by atoms with Gasteiger partial charge in [-0.3, -0.25) is 0 Å². The van der Waals surface area contributed by atoms with Crippen LogP contribution in [0, 0.1) is 0 Å². The molecule has 8 rings (SSSR count). The highest BCUT2D eigenvalue weighted by Crippen LogP contribution is 2.44. The fraction of sp³-hybridized carbons (Fsp3) is 0.218. The number of aromatic nitrogens is 2. The molecule has 6 aromatic carbocycles. The maximum Gasteiger partial charge on any atom is 0.254 e. The van der Waals surface area contributed by atoms with Crippen molar-refractivity contribution in [2.24, 2.45) is 0 Å². The van der Waals surface area contributed by atoms with Gasteiger partial charge in [0.15, 0.2) is 5.52 Å². The third kappa shape index (κ3) is 8.22. The molecule has 0 N–H and O–H groups in total. The van der Waals surface area contributed by atoms with E-state index in [1.165, 1.54) is 61.3 Å². The summed E-state index contributed by atoms with van der Waals surface area (Å²) in [5.41, 5.74) is 16.3. The first-order valence-electron chi connectivity index (χ1n) is 20.9. The SMILES string of the molecule is COc1cc(C(c2ccccc2)c2ccccc2)c(-[n+]2cc3cccc(-c4c(C(C)C)cc(C(C)C)cc4C(C)C)n3c2)c(C(c2ccccc2)c2ccccc2)c1.[Cl-]. The molecule has 0 saturated heterocycles. The highest BCUT2D eigenvalue weighted by Gasteiger charge is 2.32. The van der Waals surface area contributed by atoms with E-state index in [2.05, 4.69) is 227 Å². The Hall–Kier alpha value is -5.90. The zero-order valence-corrected chi connectivity index (χ0v) is 36.1. The Labute approximate surface area is 357 Å². The molecule has 8 aromatic rings. The predicted molar refractivity (Wildman–Crippen MR) is 241 cm³/mol. The van der Waals surface area contributed by atoms with Gasteiger partial charge in [0, 0.05) is 28.5 Å². The van der Waals surface area contributed by atoms with Crippen molar-refractivity contribution in [1.29, 1.82) is 0 Å². The molecular formula is C55H55ClN2O. The Morgan fingerprint density at radius 3 is 1.25 bits per heavy atom. The van der Waals surface area contributed by atoms with Crippen LogP contribution in [0.15, 0.2) is 176 Å². The molecule has 4 heteroatoms. The molecule has 0 atom stereocenters. The van der Waals surface area contributed by atoms with Crippen LogP contribution in [0.3, 0.4) is 0 Å². The number of fused-ring (bicyclic) bond motifs is 1. The first-order chi connectivity index (χ1) is 28.2. The number of rotatable bonds is 12. The summed E-state index contributed by atoms with van der Waals surface area (Å²) >= 11 is 0. The standard InChI is InChI=1S/C55H55N2O.ClH/c1-37(2)44-31-47(38(3)4)54(48(32-44)39(5)6)51-30-20-29-45-35-56(36-57(45)51)55-49(52(40-21-12-8-13-22-40)41-23-14-9-15-24-41)33-46(58-7)34-50(55)53(42-25-16-10-17-26-42)43-27-18-11-19-28-43;/h8-39,52-53H,1-7H3;1H/q+1;/p-1. The van der Waals surface area contributed by atoms with Gasteiger partial charge in [0.25, 0.3) is 6.33 Å². The molecule has 0 fully saturated rings. The Kier molecular flexibility index (Phi) is 12.5. The molecule has 0 unspecified atom stereocenters. The number of nitrogens with zero attached hydrogens (tertiary/aromatic N) is 2. The van der Waals surface area contributed by atoms with Crippen molar-refractivity contribution in [2.75, 3.05) is 7.11 Å². The maximum atomic E-state index is 6.25. The van der Waals surface area contributed by atoms with Gasteiger partial charge in [-0.25, -0.2) is 4.57 Å². The smallest absolute Gasteiger partial charge is 0.254 e. The van der Waals surface area contributed by atoms with Crippen molar-refractivity contribution >= 4 is 5.52 Å². The van der Waals surface area contributed by atoms with Crippen molar-refractivity contribution < 1.29 is 21.7 Å². The van der Waals surface area contributed by atoms with Gasteiger partial charge < -0.3 is 17.1 Å². The van der Waals surface area contributed by atoms with E-state index in [0.29, 0.717) is 17.8 Å². The summed E-state index contributed by atoms with van der Waals surface area (Å²) in [7, 11) is 1.79. The highest BCUT2D eigenvalue weighted by molar-refractivity contribution is 5.73. The van der Waals surface area contributed by atoms with E-state index < -0.39 is 0 Å². The van der Waals surface area contributed by atoms with E-state index in [1.807, 2.05) is 0 Å². The second-order valence-corrected chi connectivity index (χ2v) is 16.6. The minimum atomic E-state index is -0.0721. The lowest BCUT2D eigenvalue weighted by Gasteiger charge is -2.26. The normalized spacial score (nSPS) is 11.6. The van der Waals surface area contributed by atoms with Crippen LogP contribution < -0.4 is 21.7 Å². The molecule has 0 aliphatic rings. The third-order valence-electron chi connectivity index (χ3n) is 11.7. The van der Waals surface area contributed by atoms with Crippen LogP contribution in [0.1, 0.15) is 121 Å². The second-order valence-electron chi connectivity index (χ2n) is 16.6. The Morgan fingerprint density at radius 2 is 0.881 bits per heavy atom. The van der Waals surface area contributed by atoms with Crippen molar-refractivity contribution in [2.45, 2.75) is 71.1 Å². The van der Waals surface area contributed by atoms with Crippen LogP contribution in [0.2, 0.25) is 0 Å². The van der Waals surface area contributed by atoms with Crippen LogP contribution in [0.4, 0.5) is 0 Å². The molecule has 298 valence electrons. The summed E-state index contributed by atoms with van der Waals surface area (Å²) < 4.78 is 11.1. The van der Waals surface area contributed by atoms with Gasteiger partial charge in [-0.15, -0.1) is 0 Å². The molecule has 0 radical (unpaired) electrons. The quantitative estimate of drug-likeness (QED) is 0.0890. The van der Waals surface area contributed by atoms with Crippen molar-refractivity contribution in [3.63, 3.8) is 0 Å². The summed E-state index contributed by atoms with van der Waals surface area (Å²) in [4.78, 5) is 0. The molecule has 0 aliphatic carbocycles. The van der Waals surface area contributed by atoms with Crippen LogP contribution in [-0.4, -0.2) is 11.5 Å². The summed E-state index contributed by atoms with van der Waals surface area (Å²) in [6.45, 7) is 13.9. The largest absolute Gasteiger partial charge is 1.00 e. The molecule has 0 bridgehead atoms. The van der Waals surface area contributed by atoms with Crippen LogP contribution in [0.5, 0.6) is 5.75 Å². The lowest BCUT2D eigenvalue weighted by atomic mass is 9.78. The van der Waals surface area contributed by atoms with Gasteiger partial charge in [-0.05, 0) is 81.0 Å². The van der Waals surface area contributed by atoms with Crippen LogP contribution in [-0.2, 0) is 0 Å². The first kappa shape index (κ1) is 41.3. The van der Waals surface area contributed by atoms with Crippen molar-refractivity contribution in [3.8, 4) is 22.7 Å². The fourth-order valence-corrected chi connectivity index (χ4v) is 8.84. The molecule has 0 spiro atoms. The summed E-state index contributed by atoms with van der Waals surface area (Å²) in [6, 6.07) is 59.9. The van der Waals surface area contributed by atoms with Gasteiger partial charge in [0.1, 0.15) is 23.3 Å². The topological polar surface area (TPSA) is 17.5 Å². The van der Waals surface area contributed by atoms with Crippen LogP contribution >= 0.6 is 0 Å². The van der Waals surface area contributed by atoms with Gasteiger partial charge in [0.05, 0.1) is 7.11 Å². The number of hydrogen-bond donors (Lipinski definition) is 0. The van der Waals surface area contributed by atoms with Gasteiger partial charge in [-0.2, -0.15) is 4.40 Å². The maximum absolute atomic E-state index is 6.25. The Balaban J connectivity index is 0.00000528. The lowest BCUT2D eigenvalue weighted by Crippen LogP contribution is -3.00. The van der Waals surface area contributed by atoms with Gasteiger partial charge >= 0.3 is 0 Å². The average molecular weight is 796 g/mol. The second kappa shape index (κ2) is 17.9. The molecule has 59 heavy (non-hydrogen) atoms. The van der Waals surface area contributed by atoms with Crippen LogP contribution in [0.25, 0.3) is 22.5 Å². The number of pyridine rings is 1. The van der Waals surface area contributed by atoms with E-state index in [9.17, 15) is 0 Å². The molecule has 3 nitrogen and oxygen atoms in total. The molecule has 2 heterocycles. The van der Waals surface area contributed by atoms with Crippen molar-refractivity contribution in [1.82, 2.24) is 4.40 Å². The minimum absolute atomic E-state index is 0. The Morgan fingerprint density at radius 1 is 0.458 bits per heavy atom. The summed E-state index contributed by atoms with van der Waals surface area (Å²) in [6.07, 6.45) is 4.65. The fourth-order valence-electron chi connectivity index (χ4n) is 8.84. The highest BCUT2D eigenvalue weighted by atomic mass is 35.5. The number of benzene rings is 6. The number of halogens is 1. The minimum Gasteiger partial charge on any atom is -1.00 e. The lowest BCUT2D eigenvalue weighted by molar-refractivity contribution is -0.595. The molecule has 0 amide bonds. The third-order valence-corrected chi connectivity index (χ3v) is 11.7. The van der Waals surface area contributed by atoms with E-state index in [1.54, 1.807) is 7.11 Å². The van der Waals surface area contributed by atoms with E-state index in [0.717, 1.165) is 17.0 Å². The van der Waals surface area contributed by atoms with E-state index in [4.69, 9.17) is 4.74 Å². The zero-order chi connectivity index (χ0) is 40.3. The summed E-state index contributed by atoms with van der Waals surface area (Å²) in [5.74, 6) is 1.86. The number of ether oxygens (including phenoxy) is 1. The monoisotopic (exact) mass is 794 g/mol. The number of hydrogen-bond acceptors (Lipinski definition) is 1. The molecule has 2 aromatic heterocycles. The van der Waals surface area contributed by atoms with Crippen molar-refractivity contribution in [3.05, 3.63) is 226 Å². The van der Waals surface area contributed by atoms with Gasteiger partial charge in [-0.1, -0.05) is 181 Å². The van der Waals surface area contributed by atoms with E-state index >= 15 is 0 Å². The first-order valence-corrected chi connectivity index (χ1v) is 20.9. The van der Waals surface area contributed by atoms with E-state index in [-0.39, 0.29) is 24.2 Å². The average Bonchev–Trinajstić information content (AvgIpc) is 3.69. The zero-order valence-electron chi connectivity index (χ0n) is 35.3. The Bertz CT molecular complexity index is 2420. The van der Waals surface area contributed by atoms with Gasteiger partial charge in [0.2, 0.25) is 0 Å². The number of imidazole rings is 1. The molecule has 0 saturated carbocycles. The predicted octanol–water partition coefficient (Wildman–Crippen LogP) is 10.6. The number of methoxy groups -OCH3 is 1. The molecular weight excluding hydrogens is 740 g/mol. The summed E-state index contributed by atoms with van der Waals surface area (Å²) in [5, 5.41) is 0.